The van der Waals surface area contributed by atoms with Gasteiger partial charge in [0.1, 0.15) is 5.82 Å². The average Bonchev–Trinajstić information content (AvgIpc) is 2.90. The van der Waals surface area contributed by atoms with Gasteiger partial charge in [-0.25, -0.2) is 14.4 Å². The fourth-order valence-corrected chi connectivity index (χ4v) is 3.86. The number of rotatable bonds is 8. The summed E-state index contributed by atoms with van der Waals surface area (Å²) in [6.07, 6.45) is 1.12. The van der Waals surface area contributed by atoms with Crippen molar-refractivity contribution in [2.45, 2.75) is 13.0 Å². The molecular formula is C24H26FN7O4. The first-order valence-corrected chi connectivity index (χ1v) is 11.6. The van der Waals surface area contributed by atoms with Crippen molar-refractivity contribution in [1.29, 1.82) is 0 Å². The van der Waals surface area contributed by atoms with Crippen molar-refractivity contribution in [2.75, 3.05) is 60.4 Å². The molecule has 1 amide bonds. The number of morpholine rings is 1. The molecule has 5 rings (SSSR count). The van der Waals surface area contributed by atoms with Crippen LogP contribution in [-0.4, -0.2) is 66.5 Å². The maximum absolute atomic E-state index is 14.4. The molecule has 188 valence electrons. The average molecular weight is 496 g/mol. The van der Waals surface area contributed by atoms with Crippen LogP contribution in [0.25, 0.3) is 0 Å². The highest BCUT2D eigenvalue weighted by atomic mass is 19.1. The van der Waals surface area contributed by atoms with E-state index in [9.17, 15) is 9.18 Å². The molecule has 0 saturated carbocycles. The number of aromatic nitrogens is 3. The lowest BCUT2D eigenvalue weighted by atomic mass is 10.2. The van der Waals surface area contributed by atoms with Crippen molar-refractivity contribution in [3.8, 4) is 5.75 Å². The quantitative estimate of drug-likeness (QED) is 0.430. The fourth-order valence-electron chi connectivity index (χ4n) is 3.86. The maximum Gasteiger partial charge on any atom is 0.263 e. The molecule has 1 saturated heterocycles. The molecule has 0 spiro atoms. The first-order valence-electron chi connectivity index (χ1n) is 11.6. The maximum atomic E-state index is 14.4. The van der Waals surface area contributed by atoms with Gasteiger partial charge in [-0.3, -0.25) is 4.79 Å². The molecule has 11 nitrogen and oxygen atoms in total. The molecule has 2 aromatic heterocycles. The number of pyridine rings is 1. The normalized spacial score (nSPS) is 17.1. The predicted molar refractivity (Wildman–Crippen MR) is 132 cm³/mol. The second-order valence-electron chi connectivity index (χ2n) is 8.17. The Hall–Kier alpha value is -4.03. The van der Waals surface area contributed by atoms with Gasteiger partial charge in [-0.05, 0) is 43.3 Å². The Morgan fingerprint density at radius 2 is 2.06 bits per heavy atom. The van der Waals surface area contributed by atoms with E-state index in [-0.39, 0.29) is 36.2 Å². The number of nitrogens with zero attached hydrogens (tertiary/aromatic N) is 4. The van der Waals surface area contributed by atoms with E-state index in [1.807, 2.05) is 31.2 Å². The fraction of sp³-hybridized carbons (Fsp3) is 0.333. The number of amides is 1. The summed E-state index contributed by atoms with van der Waals surface area (Å²) in [4.78, 5) is 26.3. The molecule has 3 aromatic rings. The number of carbonyl (C=O) groups is 1. The van der Waals surface area contributed by atoms with Crippen LogP contribution in [0.2, 0.25) is 0 Å². The van der Waals surface area contributed by atoms with E-state index >= 15 is 0 Å². The molecule has 1 unspecified atom stereocenters. The van der Waals surface area contributed by atoms with Crippen molar-refractivity contribution < 1.29 is 23.4 Å². The number of fused-ring (bicyclic) bond motifs is 1. The number of nitrogens with one attached hydrogen (secondary N) is 3. The number of benzene rings is 1. The summed E-state index contributed by atoms with van der Waals surface area (Å²) in [7, 11) is 0. The van der Waals surface area contributed by atoms with Gasteiger partial charge in [0.05, 0.1) is 25.5 Å². The highest BCUT2D eigenvalue weighted by Crippen LogP contribution is 2.29. The van der Waals surface area contributed by atoms with E-state index in [1.54, 1.807) is 12.1 Å². The zero-order chi connectivity index (χ0) is 24.9. The molecule has 36 heavy (non-hydrogen) atoms. The molecular weight excluding hydrogens is 469 g/mol. The second kappa shape index (κ2) is 10.7. The summed E-state index contributed by atoms with van der Waals surface area (Å²) in [5.41, 5.74) is 1.82. The molecule has 12 heteroatoms. The van der Waals surface area contributed by atoms with E-state index < -0.39 is 5.82 Å². The van der Waals surface area contributed by atoms with Crippen molar-refractivity contribution in [1.82, 2.24) is 15.0 Å². The molecule has 2 aliphatic rings. The van der Waals surface area contributed by atoms with Crippen molar-refractivity contribution in [3.63, 3.8) is 0 Å². The van der Waals surface area contributed by atoms with Gasteiger partial charge >= 0.3 is 0 Å². The Morgan fingerprint density at radius 3 is 2.89 bits per heavy atom. The zero-order valence-electron chi connectivity index (χ0n) is 19.7. The SMILES string of the molecule is CCOCC1CN(c2ccc(Nc3ncc(F)c(Nc4ccc5c(n4)NC(=O)CO5)n3)cc2)CCO1. The van der Waals surface area contributed by atoms with Gasteiger partial charge < -0.3 is 35.1 Å². The minimum atomic E-state index is -0.648. The molecule has 0 radical (unpaired) electrons. The number of anilines is 6. The smallest absolute Gasteiger partial charge is 0.263 e. The van der Waals surface area contributed by atoms with Crippen LogP contribution in [0.5, 0.6) is 5.75 Å². The Morgan fingerprint density at radius 1 is 1.19 bits per heavy atom. The summed E-state index contributed by atoms with van der Waals surface area (Å²) >= 11 is 0. The van der Waals surface area contributed by atoms with E-state index in [2.05, 4.69) is 35.8 Å². The lowest BCUT2D eigenvalue weighted by molar-refractivity contribution is -0.118. The molecule has 3 N–H and O–H groups in total. The van der Waals surface area contributed by atoms with Gasteiger partial charge in [-0.15, -0.1) is 0 Å². The third-order valence-electron chi connectivity index (χ3n) is 5.60. The van der Waals surface area contributed by atoms with Crippen LogP contribution in [0.4, 0.5) is 39.2 Å². The number of hydrogen-bond acceptors (Lipinski definition) is 10. The van der Waals surface area contributed by atoms with Crippen molar-refractivity contribution >= 4 is 40.7 Å². The summed E-state index contributed by atoms with van der Waals surface area (Å²) in [5, 5.41) is 8.53. The second-order valence-corrected chi connectivity index (χ2v) is 8.17. The molecule has 1 aromatic carbocycles. The van der Waals surface area contributed by atoms with E-state index in [4.69, 9.17) is 14.2 Å². The molecule has 0 aliphatic carbocycles. The Balaban J connectivity index is 1.24. The predicted octanol–water partition coefficient (Wildman–Crippen LogP) is 3.07. The van der Waals surface area contributed by atoms with Gasteiger partial charge in [-0.1, -0.05) is 0 Å². The minimum Gasteiger partial charge on any atom is -0.480 e. The van der Waals surface area contributed by atoms with Crippen LogP contribution in [-0.2, 0) is 14.3 Å². The van der Waals surface area contributed by atoms with Gasteiger partial charge in [-0.2, -0.15) is 4.98 Å². The lowest BCUT2D eigenvalue weighted by Gasteiger charge is -2.34. The molecule has 1 fully saturated rings. The minimum absolute atomic E-state index is 0.0449. The molecule has 0 bridgehead atoms. The Labute approximate surface area is 207 Å². The number of hydrogen-bond donors (Lipinski definition) is 3. The summed E-state index contributed by atoms with van der Waals surface area (Å²) in [5.74, 6) is 0.185. The summed E-state index contributed by atoms with van der Waals surface area (Å²) in [6.45, 7) is 5.35. The first kappa shape index (κ1) is 23.7. The van der Waals surface area contributed by atoms with Crippen LogP contribution in [0.3, 0.4) is 0 Å². The third-order valence-corrected chi connectivity index (χ3v) is 5.60. The summed E-state index contributed by atoms with van der Waals surface area (Å²) in [6, 6.07) is 11.1. The van der Waals surface area contributed by atoms with E-state index in [0.29, 0.717) is 31.4 Å². The molecule has 2 aliphatic heterocycles. The standard InChI is InChI=1S/C24H26FN7O4/c1-2-34-13-17-12-32(9-10-35-17)16-5-3-15(4-6-16)27-24-26-11-18(25)22(31-24)28-20-8-7-19-23(29-20)30-21(33)14-36-19/h3-8,11,17H,2,9-10,12-14H2,1H3,(H3,26,27,28,29,30,31,33). The monoisotopic (exact) mass is 495 g/mol. The van der Waals surface area contributed by atoms with E-state index in [0.717, 1.165) is 30.7 Å². The molecule has 4 heterocycles. The largest absolute Gasteiger partial charge is 0.480 e. The van der Waals surface area contributed by atoms with Crippen LogP contribution < -0.4 is 25.6 Å². The van der Waals surface area contributed by atoms with Crippen LogP contribution in [0.1, 0.15) is 6.92 Å². The number of carbonyl (C=O) groups excluding carboxylic acids is 1. The van der Waals surface area contributed by atoms with Gasteiger partial charge in [0.2, 0.25) is 5.95 Å². The van der Waals surface area contributed by atoms with Crippen molar-refractivity contribution in [3.05, 3.63) is 48.4 Å². The van der Waals surface area contributed by atoms with Crippen LogP contribution in [0, 0.1) is 5.82 Å². The Bertz CT molecular complexity index is 1230. The van der Waals surface area contributed by atoms with Gasteiger partial charge in [0, 0.05) is 31.1 Å². The van der Waals surface area contributed by atoms with Gasteiger partial charge in [0.25, 0.3) is 5.91 Å². The third kappa shape index (κ3) is 5.61. The highest BCUT2D eigenvalue weighted by Gasteiger charge is 2.21. The van der Waals surface area contributed by atoms with Crippen LogP contribution in [0.15, 0.2) is 42.6 Å². The number of halogens is 1. The zero-order valence-corrected chi connectivity index (χ0v) is 19.7. The topological polar surface area (TPSA) is 123 Å². The highest BCUT2D eigenvalue weighted by molar-refractivity contribution is 5.94. The lowest BCUT2D eigenvalue weighted by Crippen LogP contribution is -2.44. The number of ether oxygens (including phenoxy) is 3. The summed E-state index contributed by atoms with van der Waals surface area (Å²) < 4.78 is 31.0. The first-order chi connectivity index (χ1) is 17.6. The molecule has 1 atom stereocenters. The van der Waals surface area contributed by atoms with Crippen molar-refractivity contribution in [2.24, 2.45) is 0 Å². The van der Waals surface area contributed by atoms with E-state index in [1.165, 1.54) is 0 Å². The Kier molecular flexibility index (Phi) is 7.05. The van der Waals surface area contributed by atoms with Crippen LogP contribution >= 0.6 is 0 Å². The van der Waals surface area contributed by atoms with Gasteiger partial charge in [0.15, 0.2) is 29.8 Å².